The molecule has 0 aliphatic carbocycles. The monoisotopic (exact) mass is 501 g/mol. The molecule has 35 heavy (non-hydrogen) atoms. The normalized spacial score (nSPS) is 12.1. The number of nitrogens with one attached hydrogen (secondary N) is 1. The molecule has 186 valence electrons. The minimum absolute atomic E-state index is 0.00817. The number of anilines is 1. The Kier molecular flexibility index (Phi) is 8.44. The van der Waals surface area contributed by atoms with Crippen molar-refractivity contribution in [2.24, 2.45) is 0 Å². The smallest absolute Gasteiger partial charge is 0.271 e. The van der Waals surface area contributed by atoms with Crippen LogP contribution in [0.15, 0.2) is 47.6 Å². The Morgan fingerprint density at radius 1 is 1.17 bits per heavy atom. The Balaban J connectivity index is 1.73. The summed E-state index contributed by atoms with van der Waals surface area (Å²) in [7, 11) is 0. The van der Waals surface area contributed by atoms with Crippen molar-refractivity contribution in [1.29, 1.82) is 0 Å². The van der Waals surface area contributed by atoms with Crippen LogP contribution in [0.3, 0.4) is 0 Å². The number of benzene rings is 2. The fourth-order valence-electron chi connectivity index (χ4n) is 3.50. The van der Waals surface area contributed by atoms with Crippen LogP contribution < -0.4 is 10.1 Å². The lowest BCUT2D eigenvalue weighted by Crippen LogP contribution is -2.17. The molecule has 2 aromatic carbocycles. The van der Waals surface area contributed by atoms with Gasteiger partial charge in [-0.05, 0) is 44.4 Å². The number of non-ortho nitro benzene ring substituents is 1. The van der Waals surface area contributed by atoms with Gasteiger partial charge in [-0.2, -0.15) is 0 Å². The number of rotatable bonds is 10. The maximum Gasteiger partial charge on any atom is 0.271 e. The zero-order valence-corrected chi connectivity index (χ0v) is 21.0. The zero-order valence-electron chi connectivity index (χ0n) is 20.2. The quantitative estimate of drug-likeness (QED) is 0.209. The van der Waals surface area contributed by atoms with Gasteiger partial charge in [0.15, 0.2) is 17.1 Å². The number of nitrogens with zero attached hydrogens (tertiary/aromatic N) is 4. The number of nitro benzene ring substituents is 1. The summed E-state index contributed by atoms with van der Waals surface area (Å²) in [6, 6.07) is 10.8. The van der Waals surface area contributed by atoms with Crippen molar-refractivity contribution >= 4 is 29.0 Å². The second kappa shape index (κ2) is 11.3. The van der Waals surface area contributed by atoms with E-state index in [1.54, 1.807) is 0 Å². The third-order valence-electron chi connectivity index (χ3n) is 5.18. The van der Waals surface area contributed by atoms with E-state index in [2.05, 4.69) is 29.4 Å². The van der Waals surface area contributed by atoms with Crippen molar-refractivity contribution in [3.63, 3.8) is 0 Å². The van der Waals surface area contributed by atoms with Crippen molar-refractivity contribution in [1.82, 2.24) is 14.8 Å². The third-order valence-corrected chi connectivity index (χ3v) is 6.13. The summed E-state index contributed by atoms with van der Waals surface area (Å²) in [5, 5.41) is 22.4. The summed E-state index contributed by atoms with van der Waals surface area (Å²) in [6.45, 7) is 10.0. The number of hydrogen-bond donors (Lipinski definition) is 1. The van der Waals surface area contributed by atoms with E-state index < -0.39 is 22.8 Å². The van der Waals surface area contributed by atoms with Gasteiger partial charge in [-0.15, -0.1) is 10.2 Å². The lowest BCUT2D eigenvalue weighted by Gasteiger charge is -2.21. The first-order valence-electron chi connectivity index (χ1n) is 11.2. The minimum atomic E-state index is -0.755. The van der Waals surface area contributed by atoms with E-state index in [-0.39, 0.29) is 23.2 Å². The van der Waals surface area contributed by atoms with Gasteiger partial charge in [0.1, 0.15) is 11.6 Å². The predicted molar refractivity (Wildman–Crippen MR) is 132 cm³/mol. The number of aromatic nitrogens is 3. The topological polar surface area (TPSA) is 112 Å². The van der Waals surface area contributed by atoms with Crippen LogP contribution >= 0.6 is 11.8 Å². The Morgan fingerprint density at radius 3 is 2.54 bits per heavy atom. The molecule has 0 saturated carbocycles. The van der Waals surface area contributed by atoms with Gasteiger partial charge in [0.2, 0.25) is 5.91 Å². The SMILES string of the molecule is CC(C)c1ccccc1OC(C)c1nnc(SCC(=O)Nc2cc([N+](=O)[O-])ccc2F)n1C(C)C. The first-order valence-corrected chi connectivity index (χ1v) is 12.1. The van der Waals surface area contributed by atoms with Gasteiger partial charge in [0.25, 0.3) is 5.69 Å². The lowest BCUT2D eigenvalue weighted by atomic mass is 10.0. The van der Waals surface area contributed by atoms with Crippen LogP contribution in [-0.4, -0.2) is 31.3 Å². The molecule has 3 rings (SSSR count). The zero-order chi connectivity index (χ0) is 25.7. The number of halogens is 1. The van der Waals surface area contributed by atoms with Crippen LogP contribution in [0.4, 0.5) is 15.8 Å². The minimum Gasteiger partial charge on any atom is -0.482 e. The first kappa shape index (κ1) is 26.1. The molecule has 0 aliphatic heterocycles. The Labute approximate surface area is 207 Å². The maximum atomic E-state index is 14.0. The van der Waals surface area contributed by atoms with Gasteiger partial charge >= 0.3 is 0 Å². The van der Waals surface area contributed by atoms with Crippen molar-refractivity contribution in [3.8, 4) is 5.75 Å². The standard InChI is InChI=1S/C24H28FN5O4S/c1-14(2)18-8-6-7-9-21(18)34-16(5)23-27-28-24(29(23)15(3)4)35-13-22(31)26-20-12-17(30(32)33)10-11-19(20)25/h6-12,14-16H,13H2,1-5H3,(H,26,31). The van der Waals surface area contributed by atoms with Gasteiger partial charge in [-0.25, -0.2) is 4.39 Å². The van der Waals surface area contributed by atoms with Crippen molar-refractivity contribution < 1.29 is 18.8 Å². The fourth-order valence-corrected chi connectivity index (χ4v) is 4.37. The van der Waals surface area contributed by atoms with E-state index >= 15 is 0 Å². The van der Waals surface area contributed by atoms with E-state index in [4.69, 9.17) is 4.74 Å². The van der Waals surface area contributed by atoms with Gasteiger partial charge in [0.05, 0.1) is 16.4 Å². The molecule has 1 N–H and O–H groups in total. The fraction of sp³-hybridized carbons (Fsp3) is 0.375. The van der Waals surface area contributed by atoms with E-state index in [1.165, 1.54) is 0 Å². The number of amides is 1. The first-order chi connectivity index (χ1) is 16.6. The molecule has 0 fully saturated rings. The lowest BCUT2D eigenvalue weighted by molar-refractivity contribution is -0.384. The Hall–Kier alpha value is -3.47. The van der Waals surface area contributed by atoms with Crippen LogP contribution in [-0.2, 0) is 4.79 Å². The van der Waals surface area contributed by atoms with Gasteiger partial charge < -0.3 is 14.6 Å². The number of nitro groups is 1. The summed E-state index contributed by atoms with van der Waals surface area (Å²) < 4.78 is 22.1. The van der Waals surface area contributed by atoms with E-state index in [1.807, 2.05) is 49.6 Å². The number of ether oxygens (including phenoxy) is 1. The molecule has 0 radical (unpaired) electrons. The molecule has 9 nitrogen and oxygen atoms in total. The van der Waals surface area contributed by atoms with E-state index in [0.717, 1.165) is 41.3 Å². The predicted octanol–water partition coefficient (Wildman–Crippen LogP) is 5.90. The van der Waals surface area contributed by atoms with Crippen molar-refractivity contribution in [2.45, 2.75) is 57.8 Å². The highest BCUT2D eigenvalue weighted by atomic mass is 32.2. The van der Waals surface area contributed by atoms with Crippen LogP contribution in [0.1, 0.15) is 64.1 Å². The Bertz CT molecular complexity index is 1210. The van der Waals surface area contributed by atoms with E-state index in [9.17, 15) is 19.3 Å². The molecular formula is C24H28FN5O4S. The van der Waals surface area contributed by atoms with Crippen LogP contribution in [0.2, 0.25) is 0 Å². The summed E-state index contributed by atoms with van der Waals surface area (Å²) in [4.78, 5) is 22.7. The summed E-state index contributed by atoms with van der Waals surface area (Å²) in [5.74, 6) is 0.325. The average molecular weight is 502 g/mol. The summed E-state index contributed by atoms with van der Waals surface area (Å²) in [5.41, 5.74) is 0.530. The molecule has 1 atom stereocenters. The third kappa shape index (κ3) is 6.36. The molecule has 0 bridgehead atoms. The molecular weight excluding hydrogens is 473 g/mol. The molecule has 1 amide bonds. The molecule has 0 aliphatic rings. The second-order valence-corrected chi connectivity index (χ2v) is 9.46. The highest BCUT2D eigenvalue weighted by Crippen LogP contribution is 2.32. The van der Waals surface area contributed by atoms with Crippen LogP contribution in [0.25, 0.3) is 0 Å². The van der Waals surface area contributed by atoms with E-state index in [0.29, 0.717) is 16.9 Å². The van der Waals surface area contributed by atoms with Crippen LogP contribution in [0.5, 0.6) is 5.75 Å². The number of thioether (sulfide) groups is 1. The highest BCUT2D eigenvalue weighted by Gasteiger charge is 2.23. The molecule has 3 aromatic rings. The number of carbonyl (C=O) groups is 1. The van der Waals surface area contributed by atoms with Gasteiger partial charge in [0, 0.05) is 18.2 Å². The number of para-hydroxylation sites is 1. The maximum absolute atomic E-state index is 14.0. The highest BCUT2D eigenvalue weighted by molar-refractivity contribution is 7.99. The number of carbonyl (C=O) groups excluding carboxylic acids is 1. The van der Waals surface area contributed by atoms with Gasteiger partial charge in [-0.3, -0.25) is 14.9 Å². The van der Waals surface area contributed by atoms with Crippen molar-refractivity contribution in [3.05, 3.63) is 69.8 Å². The molecule has 1 heterocycles. The molecule has 1 unspecified atom stereocenters. The van der Waals surface area contributed by atoms with Gasteiger partial charge in [-0.1, -0.05) is 43.8 Å². The van der Waals surface area contributed by atoms with Crippen molar-refractivity contribution in [2.75, 3.05) is 11.1 Å². The molecule has 1 aromatic heterocycles. The Morgan fingerprint density at radius 2 is 1.89 bits per heavy atom. The van der Waals surface area contributed by atoms with Crippen LogP contribution in [0, 0.1) is 15.9 Å². The average Bonchev–Trinajstić information content (AvgIpc) is 3.24. The second-order valence-electron chi connectivity index (χ2n) is 8.52. The molecule has 0 spiro atoms. The number of hydrogen-bond acceptors (Lipinski definition) is 7. The molecule has 11 heteroatoms. The largest absolute Gasteiger partial charge is 0.482 e. The molecule has 0 saturated heterocycles. The summed E-state index contributed by atoms with van der Waals surface area (Å²) in [6.07, 6.45) is -0.396. The summed E-state index contributed by atoms with van der Waals surface area (Å²) >= 11 is 1.14.